The summed E-state index contributed by atoms with van der Waals surface area (Å²) in [5.74, 6) is 0.517. The summed E-state index contributed by atoms with van der Waals surface area (Å²) in [5, 5.41) is 6.30. The normalized spacial score (nSPS) is 12.2. The molecule has 24 heavy (non-hydrogen) atoms. The molecule has 1 atom stereocenters. The van der Waals surface area contributed by atoms with Crippen molar-refractivity contribution in [3.8, 4) is 0 Å². The highest BCUT2D eigenvalue weighted by molar-refractivity contribution is 5.93. The molecule has 3 nitrogen and oxygen atoms in total. The average molecular weight is 324 g/mol. The van der Waals surface area contributed by atoms with Crippen molar-refractivity contribution < 1.29 is 4.79 Å². The Morgan fingerprint density at radius 2 is 1.46 bits per heavy atom. The highest BCUT2D eigenvalue weighted by Crippen LogP contribution is 2.20. The first-order valence-electron chi connectivity index (χ1n) is 8.57. The van der Waals surface area contributed by atoms with Crippen LogP contribution in [0.15, 0.2) is 42.5 Å². The second-order valence-corrected chi connectivity index (χ2v) is 6.74. The van der Waals surface area contributed by atoms with E-state index in [9.17, 15) is 4.79 Å². The number of hydrogen-bond acceptors (Lipinski definition) is 2. The standard InChI is InChI=1S/C21H28N2O/c1-14(2)18-9-11-19(12-10-18)17(5)22-13-20(24)23-21-15(3)7-6-8-16(21)4/h6-12,14,17,22H,13H2,1-5H3,(H,23,24)/t17-/m1/s1. The number of aryl methyl sites for hydroxylation is 2. The molecule has 1 amide bonds. The molecule has 0 aliphatic heterocycles. The van der Waals surface area contributed by atoms with Crippen molar-refractivity contribution in [3.05, 3.63) is 64.7 Å². The third kappa shape index (κ3) is 4.68. The predicted octanol–water partition coefficient (Wildman–Crippen LogP) is 4.72. The Bertz CT molecular complexity index is 669. The third-order valence-corrected chi connectivity index (χ3v) is 4.42. The number of rotatable bonds is 6. The van der Waals surface area contributed by atoms with Crippen molar-refractivity contribution in [1.82, 2.24) is 5.32 Å². The summed E-state index contributed by atoms with van der Waals surface area (Å²) in [5.41, 5.74) is 5.61. The lowest BCUT2D eigenvalue weighted by Gasteiger charge is -2.16. The number of anilines is 1. The van der Waals surface area contributed by atoms with E-state index in [1.54, 1.807) is 0 Å². The molecule has 3 heteroatoms. The molecule has 0 saturated heterocycles. The minimum Gasteiger partial charge on any atom is -0.324 e. The van der Waals surface area contributed by atoms with Crippen molar-refractivity contribution in [2.24, 2.45) is 0 Å². The zero-order valence-electron chi connectivity index (χ0n) is 15.3. The molecule has 0 aliphatic carbocycles. The molecular formula is C21H28N2O. The molecule has 2 aromatic rings. The Labute approximate surface area is 145 Å². The van der Waals surface area contributed by atoms with Crippen LogP contribution in [0.1, 0.15) is 55.0 Å². The minimum absolute atomic E-state index is 0.0157. The minimum atomic E-state index is -0.0157. The van der Waals surface area contributed by atoms with E-state index in [0.29, 0.717) is 12.5 Å². The van der Waals surface area contributed by atoms with Crippen LogP contribution in [0.25, 0.3) is 0 Å². The maximum Gasteiger partial charge on any atom is 0.238 e. The second kappa shape index (κ2) is 8.11. The Kier molecular flexibility index (Phi) is 6.16. The number of carbonyl (C=O) groups excluding carboxylic acids is 1. The Morgan fingerprint density at radius 3 is 2.00 bits per heavy atom. The van der Waals surface area contributed by atoms with Gasteiger partial charge >= 0.3 is 0 Å². The molecule has 0 saturated carbocycles. The van der Waals surface area contributed by atoms with Gasteiger partial charge < -0.3 is 10.6 Å². The predicted molar refractivity (Wildman–Crippen MR) is 101 cm³/mol. The summed E-state index contributed by atoms with van der Waals surface area (Å²) in [6.07, 6.45) is 0. The van der Waals surface area contributed by atoms with Crippen molar-refractivity contribution in [2.45, 2.75) is 46.6 Å². The molecule has 2 rings (SSSR count). The summed E-state index contributed by atoms with van der Waals surface area (Å²) in [6.45, 7) is 10.8. The van der Waals surface area contributed by atoms with Gasteiger partial charge in [-0.15, -0.1) is 0 Å². The largest absolute Gasteiger partial charge is 0.324 e. The van der Waals surface area contributed by atoms with Crippen LogP contribution in [0.4, 0.5) is 5.69 Å². The highest BCUT2D eigenvalue weighted by Gasteiger charge is 2.10. The lowest BCUT2D eigenvalue weighted by atomic mass is 9.99. The Morgan fingerprint density at radius 1 is 0.917 bits per heavy atom. The molecule has 0 aliphatic rings. The molecular weight excluding hydrogens is 296 g/mol. The van der Waals surface area contributed by atoms with Crippen molar-refractivity contribution >= 4 is 11.6 Å². The summed E-state index contributed by atoms with van der Waals surface area (Å²) in [6, 6.07) is 14.7. The van der Waals surface area contributed by atoms with Gasteiger partial charge in [-0.1, -0.05) is 56.3 Å². The molecule has 0 heterocycles. The van der Waals surface area contributed by atoms with E-state index in [0.717, 1.165) is 16.8 Å². The van der Waals surface area contributed by atoms with Crippen LogP contribution in [0.3, 0.4) is 0 Å². The topological polar surface area (TPSA) is 41.1 Å². The maximum absolute atomic E-state index is 12.2. The van der Waals surface area contributed by atoms with E-state index >= 15 is 0 Å². The Balaban J connectivity index is 1.91. The Hall–Kier alpha value is -2.13. The van der Waals surface area contributed by atoms with E-state index < -0.39 is 0 Å². The number of amides is 1. The number of nitrogens with one attached hydrogen (secondary N) is 2. The maximum atomic E-state index is 12.2. The van der Waals surface area contributed by atoms with E-state index in [2.05, 4.69) is 55.7 Å². The molecule has 128 valence electrons. The van der Waals surface area contributed by atoms with E-state index in [-0.39, 0.29) is 11.9 Å². The van der Waals surface area contributed by atoms with Gasteiger partial charge in [0.2, 0.25) is 5.91 Å². The van der Waals surface area contributed by atoms with Gasteiger partial charge in [0.05, 0.1) is 6.54 Å². The fraction of sp³-hybridized carbons (Fsp3) is 0.381. The highest BCUT2D eigenvalue weighted by atomic mass is 16.1. The van der Waals surface area contributed by atoms with Gasteiger partial charge in [-0.3, -0.25) is 4.79 Å². The first kappa shape index (κ1) is 18.2. The van der Waals surface area contributed by atoms with Crippen LogP contribution >= 0.6 is 0 Å². The lowest BCUT2D eigenvalue weighted by molar-refractivity contribution is -0.115. The molecule has 0 aromatic heterocycles. The van der Waals surface area contributed by atoms with Crippen LogP contribution in [-0.2, 0) is 4.79 Å². The fourth-order valence-corrected chi connectivity index (χ4v) is 2.73. The second-order valence-electron chi connectivity index (χ2n) is 6.74. The number of carbonyl (C=O) groups is 1. The van der Waals surface area contributed by atoms with Crippen LogP contribution in [0, 0.1) is 13.8 Å². The van der Waals surface area contributed by atoms with Crippen molar-refractivity contribution in [1.29, 1.82) is 0 Å². The lowest BCUT2D eigenvalue weighted by Crippen LogP contribution is -2.30. The average Bonchev–Trinajstić information content (AvgIpc) is 2.56. The van der Waals surface area contributed by atoms with Gasteiger partial charge in [0.1, 0.15) is 0 Å². The van der Waals surface area contributed by atoms with Crippen LogP contribution in [0.2, 0.25) is 0 Å². The number of hydrogen-bond donors (Lipinski definition) is 2. The number of para-hydroxylation sites is 1. The zero-order valence-corrected chi connectivity index (χ0v) is 15.3. The van der Waals surface area contributed by atoms with E-state index in [1.807, 2.05) is 32.0 Å². The summed E-state index contributed by atoms with van der Waals surface area (Å²) in [7, 11) is 0. The van der Waals surface area contributed by atoms with Crippen LogP contribution < -0.4 is 10.6 Å². The van der Waals surface area contributed by atoms with Gasteiger partial charge in [0.15, 0.2) is 0 Å². The van der Waals surface area contributed by atoms with Gasteiger partial charge in [-0.25, -0.2) is 0 Å². The van der Waals surface area contributed by atoms with Gasteiger partial charge in [0.25, 0.3) is 0 Å². The zero-order chi connectivity index (χ0) is 17.7. The first-order valence-corrected chi connectivity index (χ1v) is 8.57. The quantitative estimate of drug-likeness (QED) is 0.807. The SMILES string of the molecule is Cc1cccc(C)c1NC(=O)CN[C@H](C)c1ccc(C(C)C)cc1. The monoisotopic (exact) mass is 324 g/mol. The molecule has 2 aromatic carbocycles. The molecule has 0 bridgehead atoms. The molecule has 2 N–H and O–H groups in total. The molecule has 0 spiro atoms. The molecule has 0 radical (unpaired) electrons. The van der Waals surface area contributed by atoms with Gasteiger partial charge in [0, 0.05) is 11.7 Å². The van der Waals surface area contributed by atoms with E-state index in [1.165, 1.54) is 11.1 Å². The van der Waals surface area contributed by atoms with Crippen molar-refractivity contribution in [3.63, 3.8) is 0 Å². The van der Waals surface area contributed by atoms with E-state index in [4.69, 9.17) is 0 Å². The smallest absolute Gasteiger partial charge is 0.238 e. The third-order valence-electron chi connectivity index (χ3n) is 4.42. The fourth-order valence-electron chi connectivity index (χ4n) is 2.73. The first-order chi connectivity index (χ1) is 11.4. The van der Waals surface area contributed by atoms with Crippen molar-refractivity contribution in [2.75, 3.05) is 11.9 Å². The summed E-state index contributed by atoms with van der Waals surface area (Å²) < 4.78 is 0. The molecule has 0 fully saturated rings. The summed E-state index contributed by atoms with van der Waals surface area (Å²) in [4.78, 5) is 12.2. The summed E-state index contributed by atoms with van der Waals surface area (Å²) >= 11 is 0. The van der Waals surface area contributed by atoms with Gasteiger partial charge in [-0.05, 0) is 48.9 Å². The van der Waals surface area contributed by atoms with Crippen LogP contribution in [0.5, 0.6) is 0 Å². The molecule has 0 unspecified atom stereocenters. The van der Waals surface area contributed by atoms with Gasteiger partial charge in [-0.2, -0.15) is 0 Å². The number of benzene rings is 2. The van der Waals surface area contributed by atoms with Crippen LogP contribution in [-0.4, -0.2) is 12.5 Å².